The van der Waals surface area contributed by atoms with Gasteiger partial charge in [-0.25, -0.2) is 14.3 Å². The lowest BCUT2D eigenvalue weighted by Crippen LogP contribution is -2.15. The molecule has 32 heavy (non-hydrogen) atoms. The molecule has 3 aromatic heterocycles. The highest BCUT2D eigenvalue weighted by atomic mass is 19.4. The van der Waals surface area contributed by atoms with Crippen molar-refractivity contribution in [1.82, 2.24) is 19.6 Å². The summed E-state index contributed by atoms with van der Waals surface area (Å²) in [5.74, 6) is -0.481. The number of rotatable bonds is 6. The molecule has 0 unspecified atom stereocenters. The number of carbonyl (C=O) groups is 1. The number of esters is 1. The Morgan fingerprint density at radius 1 is 1.12 bits per heavy atom. The third-order valence-corrected chi connectivity index (χ3v) is 4.68. The summed E-state index contributed by atoms with van der Waals surface area (Å²) >= 11 is 0. The van der Waals surface area contributed by atoms with Gasteiger partial charge in [-0.15, -0.1) is 0 Å². The van der Waals surface area contributed by atoms with Gasteiger partial charge in [-0.05, 0) is 30.3 Å². The highest BCUT2D eigenvalue weighted by Gasteiger charge is 2.36. The van der Waals surface area contributed by atoms with Crippen molar-refractivity contribution in [2.24, 2.45) is 0 Å². The third kappa shape index (κ3) is 4.25. The number of aromatic nitrogens is 4. The Kier molecular flexibility index (Phi) is 5.76. The zero-order valence-electron chi connectivity index (χ0n) is 16.8. The van der Waals surface area contributed by atoms with Gasteiger partial charge in [0.25, 0.3) is 0 Å². The highest BCUT2D eigenvalue weighted by molar-refractivity contribution is 5.96. The van der Waals surface area contributed by atoms with Crippen molar-refractivity contribution in [2.45, 2.75) is 12.6 Å². The number of alkyl halides is 3. The summed E-state index contributed by atoms with van der Waals surface area (Å²) in [6.07, 6.45) is -1.74. The van der Waals surface area contributed by atoms with Gasteiger partial charge in [-0.2, -0.15) is 18.3 Å². The van der Waals surface area contributed by atoms with E-state index in [-0.39, 0.29) is 23.5 Å². The number of ether oxygens (including phenoxy) is 2. The molecular formula is C22H17F3N4O3. The number of fused-ring (bicyclic) bond motifs is 1. The first-order chi connectivity index (χ1) is 15.4. The standard InChI is InChI=1S/C22H17F3N4O3/c1-31-18-8-3-2-7-15(18)17-12-19(22(23,24)25)29-20(28-17)16(13-27-29)21(30)32-11-9-14-6-4-5-10-26-14/h2-8,10,12-13H,9,11H2,1H3. The molecule has 0 atom stereocenters. The van der Waals surface area contributed by atoms with Gasteiger partial charge in [0.1, 0.15) is 11.3 Å². The second kappa shape index (κ2) is 8.66. The van der Waals surface area contributed by atoms with Crippen LogP contribution in [0.1, 0.15) is 21.7 Å². The number of para-hydroxylation sites is 1. The average Bonchev–Trinajstić information content (AvgIpc) is 3.22. The van der Waals surface area contributed by atoms with Gasteiger partial charge >= 0.3 is 12.1 Å². The van der Waals surface area contributed by atoms with E-state index in [2.05, 4.69) is 15.1 Å². The van der Waals surface area contributed by atoms with Gasteiger partial charge < -0.3 is 9.47 Å². The Morgan fingerprint density at radius 3 is 2.62 bits per heavy atom. The predicted octanol–water partition coefficient (Wildman–Crippen LogP) is 4.22. The number of methoxy groups -OCH3 is 1. The first-order valence-corrected chi connectivity index (χ1v) is 9.55. The zero-order chi connectivity index (χ0) is 22.7. The van der Waals surface area contributed by atoms with Crippen LogP contribution in [-0.2, 0) is 17.3 Å². The minimum absolute atomic E-state index is 0.00547. The SMILES string of the molecule is COc1ccccc1-c1cc(C(F)(F)F)n2ncc(C(=O)OCCc3ccccn3)c2n1. The molecule has 0 N–H and O–H groups in total. The van der Waals surface area contributed by atoms with Crippen molar-refractivity contribution in [3.05, 3.63) is 77.9 Å². The van der Waals surface area contributed by atoms with E-state index in [1.165, 1.54) is 7.11 Å². The number of benzene rings is 1. The molecule has 164 valence electrons. The number of nitrogens with zero attached hydrogens (tertiary/aromatic N) is 4. The van der Waals surface area contributed by atoms with Crippen LogP contribution in [0.2, 0.25) is 0 Å². The average molecular weight is 442 g/mol. The Balaban J connectivity index is 1.72. The van der Waals surface area contributed by atoms with Crippen LogP contribution < -0.4 is 4.74 Å². The third-order valence-electron chi connectivity index (χ3n) is 4.68. The van der Waals surface area contributed by atoms with Crippen molar-refractivity contribution < 1.29 is 27.4 Å². The predicted molar refractivity (Wildman–Crippen MR) is 108 cm³/mol. The van der Waals surface area contributed by atoms with Crippen molar-refractivity contribution in [1.29, 1.82) is 0 Å². The van der Waals surface area contributed by atoms with Crippen LogP contribution in [0.5, 0.6) is 5.75 Å². The summed E-state index contributed by atoms with van der Waals surface area (Å²) in [6.45, 7) is 0.00547. The largest absolute Gasteiger partial charge is 0.496 e. The monoisotopic (exact) mass is 442 g/mol. The van der Waals surface area contributed by atoms with Gasteiger partial charge in [-0.1, -0.05) is 18.2 Å². The molecule has 0 spiro atoms. The van der Waals surface area contributed by atoms with E-state index >= 15 is 0 Å². The summed E-state index contributed by atoms with van der Waals surface area (Å²) in [6, 6.07) is 12.7. The van der Waals surface area contributed by atoms with E-state index in [0.717, 1.165) is 18.0 Å². The molecule has 4 aromatic rings. The molecule has 0 bridgehead atoms. The normalized spacial score (nSPS) is 11.5. The maximum atomic E-state index is 13.8. The van der Waals surface area contributed by atoms with E-state index in [9.17, 15) is 18.0 Å². The zero-order valence-corrected chi connectivity index (χ0v) is 16.8. The van der Waals surface area contributed by atoms with Gasteiger partial charge in [0.2, 0.25) is 0 Å². The maximum Gasteiger partial charge on any atom is 0.433 e. The van der Waals surface area contributed by atoms with E-state index in [1.54, 1.807) is 48.7 Å². The van der Waals surface area contributed by atoms with Gasteiger partial charge in [0.15, 0.2) is 11.3 Å². The summed E-state index contributed by atoms with van der Waals surface area (Å²) in [7, 11) is 1.41. The van der Waals surface area contributed by atoms with Crippen LogP contribution in [0, 0.1) is 0 Å². The summed E-state index contributed by atoms with van der Waals surface area (Å²) in [5, 5.41) is 3.74. The molecule has 7 nitrogen and oxygen atoms in total. The minimum atomic E-state index is -4.73. The number of carbonyl (C=O) groups excluding carboxylic acids is 1. The van der Waals surface area contributed by atoms with E-state index in [0.29, 0.717) is 22.2 Å². The molecule has 0 radical (unpaired) electrons. The van der Waals surface area contributed by atoms with Crippen LogP contribution in [0.15, 0.2) is 60.9 Å². The lowest BCUT2D eigenvalue weighted by molar-refractivity contribution is -0.142. The lowest BCUT2D eigenvalue weighted by Gasteiger charge is -2.13. The number of pyridine rings is 1. The summed E-state index contributed by atoms with van der Waals surface area (Å²) in [4.78, 5) is 21.0. The molecule has 0 fully saturated rings. The van der Waals surface area contributed by atoms with Crippen LogP contribution in [0.3, 0.4) is 0 Å². The topological polar surface area (TPSA) is 78.6 Å². The fourth-order valence-corrected chi connectivity index (χ4v) is 3.18. The Labute approximate surface area is 180 Å². The molecule has 0 aliphatic heterocycles. The van der Waals surface area contributed by atoms with Crippen molar-refractivity contribution in [2.75, 3.05) is 13.7 Å². The molecular weight excluding hydrogens is 425 g/mol. The second-order valence-electron chi connectivity index (χ2n) is 6.73. The fraction of sp³-hybridized carbons (Fsp3) is 0.182. The van der Waals surface area contributed by atoms with Crippen LogP contribution in [0.25, 0.3) is 16.9 Å². The fourth-order valence-electron chi connectivity index (χ4n) is 3.18. The van der Waals surface area contributed by atoms with Gasteiger partial charge in [0, 0.05) is 23.9 Å². The minimum Gasteiger partial charge on any atom is -0.496 e. The van der Waals surface area contributed by atoms with E-state index in [1.807, 2.05) is 0 Å². The van der Waals surface area contributed by atoms with Crippen molar-refractivity contribution >= 4 is 11.6 Å². The molecule has 0 aliphatic rings. The first-order valence-electron chi connectivity index (χ1n) is 9.55. The molecule has 0 aliphatic carbocycles. The number of hydrogen-bond acceptors (Lipinski definition) is 6. The Hall–Kier alpha value is -3.95. The quantitative estimate of drug-likeness (QED) is 0.416. The van der Waals surface area contributed by atoms with Crippen LogP contribution in [-0.4, -0.2) is 39.3 Å². The van der Waals surface area contributed by atoms with Gasteiger partial charge in [-0.3, -0.25) is 4.98 Å². The lowest BCUT2D eigenvalue weighted by atomic mass is 10.1. The van der Waals surface area contributed by atoms with Crippen LogP contribution in [0.4, 0.5) is 13.2 Å². The van der Waals surface area contributed by atoms with E-state index in [4.69, 9.17) is 9.47 Å². The van der Waals surface area contributed by atoms with Gasteiger partial charge in [0.05, 0.1) is 25.6 Å². The molecule has 1 aromatic carbocycles. The smallest absolute Gasteiger partial charge is 0.433 e. The molecule has 0 saturated heterocycles. The Bertz CT molecular complexity index is 1260. The summed E-state index contributed by atoms with van der Waals surface area (Å²) in [5.41, 5.74) is -0.451. The van der Waals surface area contributed by atoms with Crippen LogP contribution >= 0.6 is 0 Å². The maximum absolute atomic E-state index is 13.8. The summed E-state index contributed by atoms with van der Waals surface area (Å²) < 4.78 is 52.3. The van der Waals surface area contributed by atoms with Crippen molar-refractivity contribution in [3.8, 4) is 17.0 Å². The molecule has 0 amide bonds. The first kappa shape index (κ1) is 21.3. The molecule has 3 heterocycles. The number of halogens is 3. The molecule has 0 saturated carbocycles. The Morgan fingerprint density at radius 2 is 1.91 bits per heavy atom. The number of hydrogen-bond donors (Lipinski definition) is 0. The molecule has 4 rings (SSSR count). The van der Waals surface area contributed by atoms with E-state index < -0.39 is 17.8 Å². The molecule has 10 heteroatoms. The second-order valence-corrected chi connectivity index (χ2v) is 6.73. The van der Waals surface area contributed by atoms with Crippen molar-refractivity contribution in [3.63, 3.8) is 0 Å². The highest BCUT2D eigenvalue weighted by Crippen LogP contribution is 2.35.